The summed E-state index contributed by atoms with van der Waals surface area (Å²) in [6, 6.07) is 0. The minimum atomic E-state index is -3.89. The molecule has 0 spiro atoms. The fraction of sp³-hybridized carbons (Fsp3) is 0.889. The first-order valence-corrected chi connectivity index (χ1v) is 7.93. The molecular weight excluding hydrogens is 312 g/mol. The van der Waals surface area contributed by atoms with E-state index in [0.717, 1.165) is 0 Å². The second-order valence-electron chi connectivity index (χ2n) is 3.78. The quantitative estimate of drug-likeness (QED) is 0.693. The second kappa shape index (κ2) is 7.17. The lowest BCUT2D eigenvalue weighted by Gasteiger charge is -2.28. The molecule has 17 heavy (non-hydrogen) atoms. The van der Waals surface area contributed by atoms with Crippen molar-refractivity contribution in [1.82, 2.24) is 9.44 Å². The zero-order valence-corrected chi connectivity index (χ0v) is 12.7. The summed E-state index contributed by atoms with van der Waals surface area (Å²) in [5, 5.41) is 0.666. The molecule has 2 N–H and O–H groups in total. The van der Waals surface area contributed by atoms with E-state index in [0.29, 0.717) is 18.2 Å². The minimum Gasteiger partial charge on any atom is -0.449 e. The molecule has 8 heteroatoms. The van der Waals surface area contributed by atoms with Gasteiger partial charge >= 0.3 is 16.3 Å². The summed E-state index contributed by atoms with van der Waals surface area (Å²) in [6.45, 7) is 5.36. The van der Waals surface area contributed by atoms with Gasteiger partial charge < -0.3 is 4.74 Å². The van der Waals surface area contributed by atoms with Crippen LogP contribution >= 0.6 is 15.9 Å². The van der Waals surface area contributed by atoms with Crippen molar-refractivity contribution < 1.29 is 17.9 Å². The molecule has 0 aliphatic rings. The maximum absolute atomic E-state index is 11.6. The summed E-state index contributed by atoms with van der Waals surface area (Å²) in [5.41, 5.74) is -0.595. The predicted molar refractivity (Wildman–Crippen MR) is 69.3 cm³/mol. The van der Waals surface area contributed by atoms with E-state index in [4.69, 9.17) is 0 Å². The highest BCUT2D eigenvalue weighted by molar-refractivity contribution is 9.09. The van der Waals surface area contributed by atoms with Crippen LogP contribution in [0.1, 0.15) is 33.6 Å². The van der Waals surface area contributed by atoms with Crippen LogP contribution in [-0.4, -0.2) is 32.0 Å². The molecule has 0 bridgehead atoms. The van der Waals surface area contributed by atoms with Gasteiger partial charge in [0.1, 0.15) is 0 Å². The highest BCUT2D eigenvalue weighted by Gasteiger charge is 2.28. The number of hydrogen-bond acceptors (Lipinski definition) is 4. The van der Waals surface area contributed by atoms with Gasteiger partial charge in [0.05, 0.1) is 6.61 Å². The third-order valence-electron chi connectivity index (χ3n) is 2.30. The van der Waals surface area contributed by atoms with Crippen LogP contribution in [0.25, 0.3) is 0 Å². The Hall–Kier alpha value is -0.340. The topological polar surface area (TPSA) is 84.5 Å². The smallest absolute Gasteiger partial charge is 0.421 e. The van der Waals surface area contributed by atoms with Crippen molar-refractivity contribution in [2.75, 3.05) is 11.9 Å². The Bertz CT molecular complexity index is 347. The molecule has 0 saturated carbocycles. The summed E-state index contributed by atoms with van der Waals surface area (Å²) in [6.07, 6.45) is 0.257. The monoisotopic (exact) mass is 330 g/mol. The number of rotatable bonds is 7. The molecule has 0 aromatic heterocycles. The largest absolute Gasteiger partial charge is 0.449 e. The van der Waals surface area contributed by atoms with E-state index in [2.05, 4.69) is 25.4 Å². The average molecular weight is 331 g/mol. The molecule has 1 atom stereocenters. The first-order valence-electron chi connectivity index (χ1n) is 5.33. The Kier molecular flexibility index (Phi) is 7.03. The van der Waals surface area contributed by atoms with Crippen LogP contribution in [0.2, 0.25) is 0 Å². The molecule has 1 amide bonds. The van der Waals surface area contributed by atoms with E-state index in [1.54, 1.807) is 18.6 Å². The lowest BCUT2D eigenvalue weighted by Crippen LogP contribution is -2.51. The van der Waals surface area contributed by atoms with Gasteiger partial charge in [-0.3, -0.25) is 0 Å². The molecule has 0 aliphatic carbocycles. The van der Waals surface area contributed by atoms with Crippen LogP contribution in [0.4, 0.5) is 4.79 Å². The van der Waals surface area contributed by atoms with Gasteiger partial charge in [-0.15, -0.1) is 0 Å². The van der Waals surface area contributed by atoms with Crippen molar-refractivity contribution in [3.8, 4) is 0 Å². The van der Waals surface area contributed by atoms with Crippen LogP contribution in [0.15, 0.2) is 0 Å². The molecule has 1 unspecified atom stereocenters. The Morgan fingerprint density at radius 3 is 2.41 bits per heavy atom. The molecule has 0 aromatic rings. The average Bonchev–Trinajstić information content (AvgIpc) is 2.16. The van der Waals surface area contributed by atoms with Gasteiger partial charge in [-0.1, -0.05) is 22.9 Å². The molecule has 0 heterocycles. The van der Waals surface area contributed by atoms with Crippen LogP contribution in [-0.2, 0) is 14.9 Å². The van der Waals surface area contributed by atoms with Gasteiger partial charge in [-0.2, -0.15) is 13.1 Å². The van der Waals surface area contributed by atoms with E-state index in [1.807, 2.05) is 6.92 Å². The fourth-order valence-electron chi connectivity index (χ4n) is 1.13. The van der Waals surface area contributed by atoms with Crippen LogP contribution in [0.5, 0.6) is 0 Å². The zero-order valence-electron chi connectivity index (χ0n) is 10.2. The lowest BCUT2D eigenvalue weighted by molar-refractivity contribution is 0.158. The standard InChI is InChI=1S/C9H19BrN2O4S/c1-4-9(3,6-7-10)12-17(14,15)11-8(13)16-5-2/h12H,4-7H2,1-3H3,(H,11,13). The number of hydrogen-bond donors (Lipinski definition) is 2. The van der Waals surface area contributed by atoms with Gasteiger partial charge in [-0.05, 0) is 26.7 Å². The van der Waals surface area contributed by atoms with Crippen LogP contribution < -0.4 is 9.44 Å². The summed E-state index contributed by atoms with van der Waals surface area (Å²) in [4.78, 5) is 11.0. The van der Waals surface area contributed by atoms with Gasteiger partial charge in [0, 0.05) is 10.9 Å². The highest BCUT2D eigenvalue weighted by Crippen LogP contribution is 2.16. The van der Waals surface area contributed by atoms with E-state index in [9.17, 15) is 13.2 Å². The first-order chi connectivity index (χ1) is 7.78. The predicted octanol–water partition coefficient (Wildman–Crippen LogP) is 1.52. The molecule has 0 fully saturated rings. The third-order valence-corrected chi connectivity index (χ3v) is 3.89. The summed E-state index contributed by atoms with van der Waals surface area (Å²) in [7, 11) is -3.89. The Morgan fingerprint density at radius 2 is 2.00 bits per heavy atom. The number of carbonyl (C=O) groups is 1. The van der Waals surface area contributed by atoms with Crippen LogP contribution in [0, 0.1) is 0 Å². The normalized spacial score (nSPS) is 15.1. The molecule has 6 nitrogen and oxygen atoms in total. The summed E-state index contributed by atoms with van der Waals surface area (Å²) >= 11 is 3.26. The number of alkyl halides is 1. The number of nitrogens with one attached hydrogen (secondary N) is 2. The van der Waals surface area contributed by atoms with Gasteiger partial charge in [0.25, 0.3) is 0 Å². The molecule has 0 radical (unpaired) electrons. The van der Waals surface area contributed by atoms with Crippen molar-refractivity contribution >= 4 is 32.2 Å². The Morgan fingerprint density at radius 1 is 1.41 bits per heavy atom. The summed E-state index contributed by atoms with van der Waals surface area (Å²) in [5.74, 6) is 0. The molecule has 102 valence electrons. The van der Waals surface area contributed by atoms with Crippen molar-refractivity contribution in [1.29, 1.82) is 0 Å². The van der Waals surface area contributed by atoms with Gasteiger partial charge in [-0.25, -0.2) is 9.52 Å². The highest BCUT2D eigenvalue weighted by atomic mass is 79.9. The second-order valence-corrected chi connectivity index (χ2v) is 5.99. The molecule has 0 aliphatic heterocycles. The molecule has 0 saturated heterocycles. The molecule has 0 aromatic carbocycles. The first kappa shape index (κ1) is 16.7. The van der Waals surface area contributed by atoms with Gasteiger partial charge in [0.15, 0.2) is 0 Å². The maximum atomic E-state index is 11.6. The molecular formula is C9H19BrN2O4S. The SMILES string of the molecule is CCOC(=O)NS(=O)(=O)NC(C)(CC)CCBr. The van der Waals surface area contributed by atoms with Crippen molar-refractivity contribution in [2.45, 2.75) is 39.2 Å². The van der Waals surface area contributed by atoms with E-state index in [-0.39, 0.29) is 6.61 Å². The van der Waals surface area contributed by atoms with E-state index < -0.39 is 21.8 Å². The number of amides is 1. The number of ether oxygens (including phenoxy) is 1. The lowest BCUT2D eigenvalue weighted by atomic mass is 9.98. The maximum Gasteiger partial charge on any atom is 0.421 e. The third kappa shape index (κ3) is 6.85. The minimum absolute atomic E-state index is 0.119. The molecule has 0 rings (SSSR count). The summed E-state index contributed by atoms with van der Waals surface area (Å²) < 4.78 is 32.0. The van der Waals surface area contributed by atoms with Crippen LogP contribution in [0.3, 0.4) is 0 Å². The van der Waals surface area contributed by atoms with E-state index >= 15 is 0 Å². The number of carbonyl (C=O) groups excluding carboxylic acids is 1. The van der Waals surface area contributed by atoms with E-state index in [1.165, 1.54) is 0 Å². The zero-order chi connectivity index (χ0) is 13.5. The van der Waals surface area contributed by atoms with Gasteiger partial charge in [0.2, 0.25) is 0 Å². The number of halogens is 1. The Labute approximate surface area is 111 Å². The fourth-order valence-corrected chi connectivity index (χ4v) is 3.23. The van der Waals surface area contributed by atoms with Crippen molar-refractivity contribution in [3.63, 3.8) is 0 Å². The Balaban J connectivity index is 4.57. The van der Waals surface area contributed by atoms with Crippen molar-refractivity contribution in [2.24, 2.45) is 0 Å². The van der Waals surface area contributed by atoms with Crippen molar-refractivity contribution in [3.05, 3.63) is 0 Å².